The predicted molar refractivity (Wildman–Crippen MR) is 122 cm³/mol. The summed E-state index contributed by atoms with van der Waals surface area (Å²) in [5.41, 5.74) is 1.30. The van der Waals surface area contributed by atoms with E-state index in [2.05, 4.69) is 15.4 Å². The standard InChI is InChI=1S/C23H23N3O5S/c1-2-24-32(29,30)21-13-6-8-17(14-21)23(28)26-19-11-7-12-20(15-19)31-16-22(27)25-18-9-4-3-5-10-18/h3-15,24H,2,16H2,1H3,(H,25,27)(H,26,28). The van der Waals surface area contributed by atoms with Crippen LogP contribution in [0, 0.1) is 0 Å². The number of anilines is 2. The molecule has 9 heteroatoms. The van der Waals surface area contributed by atoms with Crippen molar-refractivity contribution >= 4 is 33.2 Å². The van der Waals surface area contributed by atoms with Gasteiger partial charge >= 0.3 is 0 Å². The number of sulfonamides is 1. The number of amides is 2. The van der Waals surface area contributed by atoms with Crippen LogP contribution < -0.4 is 20.1 Å². The van der Waals surface area contributed by atoms with Gasteiger partial charge in [-0.1, -0.05) is 37.3 Å². The topological polar surface area (TPSA) is 114 Å². The Hall–Kier alpha value is -3.69. The molecule has 3 aromatic rings. The van der Waals surface area contributed by atoms with Crippen molar-refractivity contribution in [3.8, 4) is 5.75 Å². The summed E-state index contributed by atoms with van der Waals surface area (Å²) >= 11 is 0. The fourth-order valence-electron chi connectivity index (χ4n) is 2.81. The zero-order valence-corrected chi connectivity index (χ0v) is 18.2. The molecule has 0 bridgehead atoms. The van der Waals surface area contributed by atoms with E-state index in [9.17, 15) is 18.0 Å². The number of benzene rings is 3. The molecule has 0 unspecified atom stereocenters. The van der Waals surface area contributed by atoms with E-state index in [1.165, 1.54) is 24.3 Å². The number of para-hydroxylation sites is 1. The fraction of sp³-hybridized carbons (Fsp3) is 0.130. The van der Waals surface area contributed by atoms with Crippen LogP contribution in [0.25, 0.3) is 0 Å². The largest absolute Gasteiger partial charge is 0.484 e. The van der Waals surface area contributed by atoms with Crippen molar-refractivity contribution in [1.29, 1.82) is 0 Å². The molecule has 0 heterocycles. The highest BCUT2D eigenvalue weighted by Gasteiger charge is 2.15. The quantitative estimate of drug-likeness (QED) is 0.460. The van der Waals surface area contributed by atoms with Crippen LogP contribution in [0.4, 0.5) is 11.4 Å². The summed E-state index contributed by atoms with van der Waals surface area (Å²) < 4.78 is 32.2. The Balaban J connectivity index is 1.62. The first kappa shape index (κ1) is 23.0. The molecular weight excluding hydrogens is 430 g/mol. The summed E-state index contributed by atoms with van der Waals surface area (Å²) in [6.45, 7) is 1.72. The lowest BCUT2D eigenvalue weighted by Gasteiger charge is -2.10. The molecule has 0 fully saturated rings. The minimum absolute atomic E-state index is 0.00788. The minimum Gasteiger partial charge on any atom is -0.484 e. The van der Waals surface area contributed by atoms with E-state index >= 15 is 0 Å². The maximum Gasteiger partial charge on any atom is 0.262 e. The number of hydrogen-bond donors (Lipinski definition) is 3. The number of hydrogen-bond acceptors (Lipinski definition) is 5. The van der Waals surface area contributed by atoms with Gasteiger partial charge in [0.15, 0.2) is 6.61 Å². The number of ether oxygens (including phenoxy) is 1. The molecule has 0 saturated heterocycles. The highest BCUT2D eigenvalue weighted by atomic mass is 32.2. The van der Waals surface area contributed by atoms with Crippen molar-refractivity contribution in [2.24, 2.45) is 0 Å². The second-order valence-corrected chi connectivity index (χ2v) is 8.48. The van der Waals surface area contributed by atoms with E-state index < -0.39 is 15.9 Å². The van der Waals surface area contributed by atoms with Crippen LogP contribution in [0.15, 0.2) is 83.8 Å². The van der Waals surface area contributed by atoms with Gasteiger partial charge in [0.25, 0.3) is 11.8 Å². The van der Waals surface area contributed by atoms with Crippen LogP contribution in [-0.2, 0) is 14.8 Å². The molecule has 3 aromatic carbocycles. The molecule has 0 aliphatic heterocycles. The summed E-state index contributed by atoms with van der Waals surface area (Å²) in [6.07, 6.45) is 0. The zero-order chi connectivity index (χ0) is 23.0. The molecule has 166 valence electrons. The van der Waals surface area contributed by atoms with Gasteiger partial charge < -0.3 is 15.4 Å². The van der Waals surface area contributed by atoms with Crippen molar-refractivity contribution in [2.45, 2.75) is 11.8 Å². The summed E-state index contributed by atoms with van der Waals surface area (Å²) in [5, 5.41) is 5.42. The van der Waals surface area contributed by atoms with E-state index in [0.29, 0.717) is 17.1 Å². The summed E-state index contributed by atoms with van der Waals surface area (Å²) in [6, 6.07) is 21.3. The zero-order valence-electron chi connectivity index (χ0n) is 17.4. The minimum atomic E-state index is -3.67. The van der Waals surface area contributed by atoms with Gasteiger partial charge in [0, 0.05) is 29.5 Å². The molecule has 0 spiro atoms. The first-order chi connectivity index (χ1) is 15.4. The number of carbonyl (C=O) groups is 2. The van der Waals surface area contributed by atoms with Crippen molar-refractivity contribution in [1.82, 2.24) is 4.72 Å². The second kappa shape index (κ2) is 10.6. The molecule has 8 nitrogen and oxygen atoms in total. The van der Waals surface area contributed by atoms with Crippen molar-refractivity contribution in [2.75, 3.05) is 23.8 Å². The van der Waals surface area contributed by atoms with Gasteiger partial charge in [-0.05, 0) is 42.5 Å². The maximum absolute atomic E-state index is 12.6. The summed E-state index contributed by atoms with van der Waals surface area (Å²) in [5.74, 6) is -0.392. The predicted octanol–water partition coefficient (Wildman–Crippen LogP) is 3.25. The van der Waals surface area contributed by atoms with Gasteiger partial charge in [0.2, 0.25) is 10.0 Å². The van der Waals surface area contributed by atoms with Gasteiger partial charge in [-0.25, -0.2) is 13.1 Å². The summed E-state index contributed by atoms with van der Waals surface area (Å²) in [4.78, 5) is 24.6. The van der Waals surface area contributed by atoms with Gasteiger partial charge in [-0.15, -0.1) is 0 Å². The van der Waals surface area contributed by atoms with Crippen molar-refractivity contribution in [3.63, 3.8) is 0 Å². The Morgan fingerprint density at radius 3 is 2.31 bits per heavy atom. The molecule has 0 aliphatic carbocycles. The highest BCUT2D eigenvalue weighted by molar-refractivity contribution is 7.89. The Labute approximate surface area is 186 Å². The summed E-state index contributed by atoms with van der Waals surface area (Å²) in [7, 11) is -3.67. The van der Waals surface area contributed by atoms with E-state index in [1.807, 2.05) is 18.2 Å². The third-order valence-corrected chi connectivity index (χ3v) is 5.80. The Morgan fingerprint density at radius 1 is 0.844 bits per heavy atom. The SMILES string of the molecule is CCNS(=O)(=O)c1cccc(C(=O)Nc2cccc(OCC(=O)Nc3ccccc3)c2)c1. The van der Waals surface area contributed by atoms with Gasteiger partial charge in [-0.3, -0.25) is 9.59 Å². The second-order valence-electron chi connectivity index (χ2n) is 6.71. The van der Waals surface area contributed by atoms with Gasteiger partial charge in [-0.2, -0.15) is 0 Å². The maximum atomic E-state index is 12.6. The van der Waals surface area contributed by atoms with Crippen LogP contribution >= 0.6 is 0 Å². The Bertz CT molecular complexity index is 1200. The Morgan fingerprint density at radius 2 is 1.56 bits per heavy atom. The van der Waals surface area contributed by atoms with Crippen LogP contribution in [0.1, 0.15) is 17.3 Å². The smallest absolute Gasteiger partial charge is 0.262 e. The molecule has 2 amide bonds. The molecule has 0 aliphatic rings. The first-order valence-electron chi connectivity index (χ1n) is 9.86. The third kappa shape index (κ3) is 6.40. The van der Waals surface area contributed by atoms with Crippen molar-refractivity contribution < 1.29 is 22.7 Å². The van der Waals surface area contributed by atoms with Crippen LogP contribution in [0.2, 0.25) is 0 Å². The molecule has 0 saturated carbocycles. The average Bonchev–Trinajstić information content (AvgIpc) is 2.79. The monoisotopic (exact) mass is 453 g/mol. The highest BCUT2D eigenvalue weighted by Crippen LogP contribution is 2.19. The molecule has 0 radical (unpaired) electrons. The van der Waals surface area contributed by atoms with Crippen LogP contribution in [0.3, 0.4) is 0 Å². The number of nitrogens with one attached hydrogen (secondary N) is 3. The Kier molecular flexibility index (Phi) is 7.58. The average molecular weight is 454 g/mol. The molecule has 0 aromatic heterocycles. The van der Waals surface area contributed by atoms with E-state index in [4.69, 9.17) is 4.74 Å². The lowest BCUT2D eigenvalue weighted by Crippen LogP contribution is -2.23. The number of carbonyl (C=O) groups excluding carboxylic acids is 2. The van der Waals surface area contributed by atoms with Crippen LogP contribution in [-0.4, -0.2) is 33.4 Å². The number of rotatable bonds is 9. The van der Waals surface area contributed by atoms with Crippen LogP contribution in [0.5, 0.6) is 5.75 Å². The third-order valence-electron chi connectivity index (χ3n) is 4.26. The molecule has 0 atom stereocenters. The fourth-order valence-corrected chi connectivity index (χ4v) is 3.90. The molecule has 32 heavy (non-hydrogen) atoms. The molecular formula is C23H23N3O5S. The molecule has 3 rings (SSSR count). The van der Waals surface area contributed by atoms with E-state index in [0.717, 1.165) is 0 Å². The molecule has 3 N–H and O–H groups in total. The normalized spacial score (nSPS) is 10.9. The first-order valence-corrected chi connectivity index (χ1v) is 11.3. The van der Waals surface area contributed by atoms with Gasteiger partial charge in [0.1, 0.15) is 5.75 Å². The lowest BCUT2D eigenvalue weighted by molar-refractivity contribution is -0.118. The lowest BCUT2D eigenvalue weighted by atomic mass is 10.2. The van der Waals surface area contributed by atoms with Gasteiger partial charge in [0.05, 0.1) is 4.90 Å². The van der Waals surface area contributed by atoms with Crippen molar-refractivity contribution in [3.05, 3.63) is 84.4 Å². The van der Waals surface area contributed by atoms with E-state index in [1.54, 1.807) is 43.3 Å². The van der Waals surface area contributed by atoms with E-state index in [-0.39, 0.29) is 29.5 Å².